The van der Waals surface area contributed by atoms with Gasteiger partial charge in [-0.3, -0.25) is 9.79 Å². The van der Waals surface area contributed by atoms with Gasteiger partial charge in [-0.2, -0.15) is 0 Å². The molecule has 0 spiro atoms. The molecular formula is C20H28N4O2. The third-order valence-corrected chi connectivity index (χ3v) is 3.88. The summed E-state index contributed by atoms with van der Waals surface area (Å²) in [5, 5.41) is 9.57. The molecule has 0 saturated heterocycles. The molecule has 0 aliphatic rings. The summed E-state index contributed by atoms with van der Waals surface area (Å²) in [4.78, 5) is 15.5. The lowest BCUT2D eigenvalue weighted by Crippen LogP contribution is -2.40. The van der Waals surface area contributed by atoms with Gasteiger partial charge in [0.15, 0.2) is 5.96 Å². The van der Waals surface area contributed by atoms with Gasteiger partial charge in [-0.25, -0.2) is 0 Å². The first kappa shape index (κ1) is 19.6. The molecule has 0 aliphatic heterocycles. The summed E-state index contributed by atoms with van der Waals surface area (Å²) in [6, 6.07) is 14.2. The Morgan fingerprint density at radius 1 is 1.12 bits per heavy atom. The molecule has 2 rings (SSSR count). The Bertz CT molecular complexity index is 668. The van der Waals surface area contributed by atoms with Crippen molar-refractivity contribution >= 4 is 11.9 Å². The summed E-state index contributed by atoms with van der Waals surface area (Å²) in [7, 11) is 0. The number of furan rings is 1. The standard InChI is InChI=1S/C20H28N4O2/c1-16(18-8-4-3-5-9-18)24-20(22-13-7-12-21-17(2)25)23-14-11-19-10-6-15-26-19/h3-6,8-10,15-16H,7,11-14H2,1-2H3,(H,21,25)(H2,22,23,24). The highest BCUT2D eigenvalue weighted by Crippen LogP contribution is 2.10. The Balaban J connectivity index is 1.87. The molecule has 1 unspecified atom stereocenters. The SMILES string of the molecule is CC(=O)NCCCN=C(NCCc1ccco1)NC(C)c1ccccc1. The number of carbonyl (C=O) groups excluding carboxylic acids is 1. The smallest absolute Gasteiger partial charge is 0.216 e. The van der Waals surface area contributed by atoms with Crippen LogP contribution in [0.25, 0.3) is 0 Å². The van der Waals surface area contributed by atoms with Gasteiger partial charge >= 0.3 is 0 Å². The number of nitrogens with zero attached hydrogens (tertiary/aromatic N) is 1. The van der Waals surface area contributed by atoms with E-state index in [4.69, 9.17) is 4.42 Å². The van der Waals surface area contributed by atoms with Crippen LogP contribution in [0, 0.1) is 0 Å². The van der Waals surface area contributed by atoms with Crippen LogP contribution < -0.4 is 16.0 Å². The number of guanidine groups is 1. The zero-order valence-corrected chi connectivity index (χ0v) is 15.5. The first-order chi connectivity index (χ1) is 12.6. The maximum Gasteiger partial charge on any atom is 0.216 e. The Morgan fingerprint density at radius 3 is 2.62 bits per heavy atom. The number of carbonyl (C=O) groups is 1. The van der Waals surface area contributed by atoms with Crippen molar-refractivity contribution in [3.8, 4) is 0 Å². The Hall–Kier alpha value is -2.76. The first-order valence-corrected chi connectivity index (χ1v) is 9.02. The molecule has 1 heterocycles. The lowest BCUT2D eigenvalue weighted by atomic mass is 10.1. The fourth-order valence-electron chi connectivity index (χ4n) is 2.48. The van der Waals surface area contributed by atoms with Crippen molar-refractivity contribution in [2.24, 2.45) is 4.99 Å². The molecule has 6 nitrogen and oxygen atoms in total. The highest BCUT2D eigenvalue weighted by Gasteiger charge is 2.07. The van der Waals surface area contributed by atoms with Crippen LogP contribution in [-0.2, 0) is 11.2 Å². The molecule has 140 valence electrons. The fourth-order valence-corrected chi connectivity index (χ4v) is 2.48. The maximum atomic E-state index is 10.9. The molecule has 26 heavy (non-hydrogen) atoms. The summed E-state index contributed by atoms with van der Waals surface area (Å²) in [6.07, 6.45) is 3.27. The third-order valence-electron chi connectivity index (χ3n) is 3.88. The minimum Gasteiger partial charge on any atom is -0.469 e. The largest absolute Gasteiger partial charge is 0.469 e. The number of hydrogen-bond donors (Lipinski definition) is 3. The normalized spacial score (nSPS) is 12.5. The van der Waals surface area contributed by atoms with Gasteiger partial charge in [-0.1, -0.05) is 30.3 Å². The number of rotatable bonds is 9. The van der Waals surface area contributed by atoms with Crippen LogP contribution in [0.5, 0.6) is 0 Å². The quantitative estimate of drug-likeness (QED) is 0.367. The van der Waals surface area contributed by atoms with Crippen LogP contribution in [0.3, 0.4) is 0 Å². The van der Waals surface area contributed by atoms with E-state index in [1.165, 1.54) is 12.5 Å². The van der Waals surface area contributed by atoms with E-state index in [9.17, 15) is 4.79 Å². The molecule has 0 saturated carbocycles. The molecule has 1 atom stereocenters. The van der Waals surface area contributed by atoms with Crippen molar-refractivity contribution < 1.29 is 9.21 Å². The van der Waals surface area contributed by atoms with Crippen LogP contribution in [0.15, 0.2) is 58.1 Å². The van der Waals surface area contributed by atoms with E-state index in [0.717, 1.165) is 31.1 Å². The number of aliphatic imine (C=N–C) groups is 1. The summed E-state index contributed by atoms with van der Waals surface area (Å²) < 4.78 is 5.36. The van der Waals surface area contributed by atoms with E-state index in [1.807, 2.05) is 30.3 Å². The van der Waals surface area contributed by atoms with Gasteiger partial charge in [-0.05, 0) is 31.0 Å². The van der Waals surface area contributed by atoms with Crippen molar-refractivity contribution in [3.05, 3.63) is 60.1 Å². The highest BCUT2D eigenvalue weighted by molar-refractivity contribution is 5.80. The van der Waals surface area contributed by atoms with Gasteiger partial charge in [0.25, 0.3) is 0 Å². The van der Waals surface area contributed by atoms with Gasteiger partial charge in [0.2, 0.25) is 5.91 Å². The van der Waals surface area contributed by atoms with Gasteiger partial charge < -0.3 is 20.4 Å². The third kappa shape index (κ3) is 7.42. The Labute approximate surface area is 155 Å². The van der Waals surface area contributed by atoms with Crippen LogP contribution in [0.4, 0.5) is 0 Å². The average molecular weight is 356 g/mol. The van der Waals surface area contributed by atoms with Crippen molar-refractivity contribution in [1.29, 1.82) is 0 Å². The maximum absolute atomic E-state index is 10.9. The summed E-state index contributed by atoms with van der Waals surface area (Å²) in [5.74, 6) is 1.69. The second kappa shape index (κ2) is 11.0. The van der Waals surface area contributed by atoms with Gasteiger partial charge in [0.1, 0.15) is 5.76 Å². The second-order valence-corrected chi connectivity index (χ2v) is 6.10. The molecule has 6 heteroatoms. The van der Waals surface area contributed by atoms with Crippen molar-refractivity contribution in [3.63, 3.8) is 0 Å². The summed E-state index contributed by atoms with van der Waals surface area (Å²) in [5.41, 5.74) is 1.20. The van der Waals surface area contributed by atoms with Crippen LogP contribution in [0.1, 0.15) is 37.6 Å². The topological polar surface area (TPSA) is 78.7 Å². The number of amides is 1. The van der Waals surface area contributed by atoms with E-state index in [1.54, 1.807) is 6.26 Å². The molecule has 0 aliphatic carbocycles. The first-order valence-electron chi connectivity index (χ1n) is 9.02. The van der Waals surface area contributed by atoms with E-state index in [0.29, 0.717) is 13.1 Å². The average Bonchev–Trinajstić information content (AvgIpc) is 3.15. The molecule has 2 aromatic rings. The molecule has 1 amide bonds. The summed E-state index contributed by atoms with van der Waals surface area (Å²) >= 11 is 0. The molecular weight excluding hydrogens is 328 g/mol. The Morgan fingerprint density at radius 2 is 1.92 bits per heavy atom. The molecule has 1 aromatic carbocycles. The monoisotopic (exact) mass is 356 g/mol. The van der Waals surface area contributed by atoms with E-state index in [-0.39, 0.29) is 11.9 Å². The van der Waals surface area contributed by atoms with Gasteiger partial charge in [0.05, 0.1) is 12.3 Å². The minimum atomic E-state index is -0.0124. The zero-order valence-electron chi connectivity index (χ0n) is 15.5. The van der Waals surface area contributed by atoms with Crippen molar-refractivity contribution in [1.82, 2.24) is 16.0 Å². The zero-order chi connectivity index (χ0) is 18.6. The van der Waals surface area contributed by atoms with Crippen molar-refractivity contribution in [2.75, 3.05) is 19.6 Å². The van der Waals surface area contributed by atoms with Crippen LogP contribution in [-0.4, -0.2) is 31.5 Å². The lowest BCUT2D eigenvalue weighted by molar-refractivity contribution is -0.118. The van der Waals surface area contributed by atoms with E-state index in [2.05, 4.69) is 40.0 Å². The second-order valence-electron chi connectivity index (χ2n) is 6.10. The number of benzene rings is 1. The van der Waals surface area contributed by atoms with Gasteiger partial charge in [0, 0.05) is 33.0 Å². The number of hydrogen-bond acceptors (Lipinski definition) is 3. The lowest BCUT2D eigenvalue weighted by Gasteiger charge is -2.18. The van der Waals surface area contributed by atoms with E-state index < -0.39 is 0 Å². The van der Waals surface area contributed by atoms with Gasteiger partial charge in [-0.15, -0.1) is 0 Å². The minimum absolute atomic E-state index is 0.0124. The fraction of sp³-hybridized carbons (Fsp3) is 0.400. The highest BCUT2D eigenvalue weighted by atomic mass is 16.3. The van der Waals surface area contributed by atoms with Crippen LogP contribution >= 0.6 is 0 Å². The van der Waals surface area contributed by atoms with Crippen LogP contribution in [0.2, 0.25) is 0 Å². The Kier molecular flexibility index (Phi) is 8.26. The summed E-state index contributed by atoms with van der Waals surface area (Å²) in [6.45, 7) is 5.63. The predicted molar refractivity (Wildman–Crippen MR) is 104 cm³/mol. The molecule has 1 aromatic heterocycles. The number of nitrogens with one attached hydrogen (secondary N) is 3. The molecule has 0 bridgehead atoms. The predicted octanol–water partition coefficient (Wildman–Crippen LogP) is 2.64. The molecule has 3 N–H and O–H groups in total. The van der Waals surface area contributed by atoms with Crippen molar-refractivity contribution in [2.45, 2.75) is 32.7 Å². The molecule has 0 fully saturated rings. The molecule has 0 radical (unpaired) electrons. The van der Waals surface area contributed by atoms with E-state index >= 15 is 0 Å².